The molecule has 0 fully saturated rings. The van der Waals surface area contributed by atoms with Crippen LogP contribution in [0.2, 0.25) is 0 Å². The molecule has 0 unspecified atom stereocenters. The Balaban J connectivity index is 2.01. The molecule has 2 aromatic heterocycles. The van der Waals surface area contributed by atoms with E-state index in [1.165, 1.54) is 5.56 Å². The molecule has 0 spiro atoms. The van der Waals surface area contributed by atoms with Gasteiger partial charge in [0, 0.05) is 17.9 Å². The van der Waals surface area contributed by atoms with Crippen molar-refractivity contribution in [2.45, 2.75) is 20.3 Å². The fourth-order valence-electron chi connectivity index (χ4n) is 2.18. The van der Waals surface area contributed by atoms with Crippen LogP contribution in [-0.2, 0) is 6.42 Å². The fraction of sp³-hybridized carbons (Fsp3) is 0.200. The van der Waals surface area contributed by atoms with Gasteiger partial charge in [-0.05, 0) is 37.6 Å². The van der Waals surface area contributed by atoms with Crippen LogP contribution in [0.15, 0.2) is 39.5 Å². The first kappa shape index (κ1) is 11.7. The molecule has 3 rings (SSSR count). The van der Waals surface area contributed by atoms with Crippen molar-refractivity contribution in [3.05, 3.63) is 63.3 Å². The van der Waals surface area contributed by atoms with Gasteiger partial charge in [0.15, 0.2) is 0 Å². The zero-order valence-electron chi connectivity index (χ0n) is 10.9. The minimum Gasteiger partial charge on any atom is -0.461 e. The van der Waals surface area contributed by atoms with E-state index in [4.69, 9.17) is 4.42 Å². The number of H-pyrrole nitrogens is 1. The summed E-state index contributed by atoms with van der Waals surface area (Å²) in [6, 6.07) is 9.67. The number of rotatable bonds is 2. The molecule has 1 aromatic carbocycles. The van der Waals surface area contributed by atoms with E-state index in [0.29, 0.717) is 6.42 Å². The first-order valence-electron chi connectivity index (χ1n) is 6.16. The molecule has 2 heterocycles. The van der Waals surface area contributed by atoms with Gasteiger partial charge < -0.3 is 4.42 Å². The van der Waals surface area contributed by atoms with Crippen LogP contribution >= 0.6 is 0 Å². The summed E-state index contributed by atoms with van der Waals surface area (Å²) in [6.45, 7) is 3.93. The van der Waals surface area contributed by atoms with Gasteiger partial charge in [0.05, 0.1) is 5.69 Å². The summed E-state index contributed by atoms with van der Waals surface area (Å²) in [5.41, 5.74) is 3.59. The van der Waals surface area contributed by atoms with E-state index in [1.54, 1.807) is 6.07 Å². The molecule has 0 saturated carbocycles. The Morgan fingerprint density at radius 2 is 2.05 bits per heavy atom. The molecule has 19 heavy (non-hydrogen) atoms. The van der Waals surface area contributed by atoms with E-state index in [9.17, 15) is 4.79 Å². The molecule has 0 saturated heterocycles. The van der Waals surface area contributed by atoms with Crippen molar-refractivity contribution >= 4 is 11.0 Å². The Labute approximate surface area is 110 Å². The van der Waals surface area contributed by atoms with Gasteiger partial charge in [-0.2, -0.15) is 5.10 Å². The zero-order valence-corrected chi connectivity index (χ0v) is 10.9. The van der Waals surface area contributed by atoms with Crippen LogP contribution in [0.25, 0.3) is 11.0 Å². The number of hydrogen-bond acceptors (Lipinski definition) is 3. The molecule has 0 aliphatic heterocycles. The lowest BCUT2D eigenvalue weighted by Crippen LogP contribution is -2.10. The van der Waals surface area contributed by atoms with Gasteiger partial charge in [-0.25, -0.2) is 5.10 Å². The lowest BCUT2D eigenvalue weighted by Gasteiger charge is -2.00. The number of furan rings is 1. The number of aromatic amines is 1. The number of fused-ring (bicyclic) bond motifs is 1. The van der Waals surface area contributed by atoms with Crippen molar-refractivity contribution in [2.24, 2.45) is 0 Å². The highest BCUT2D eigenvalue weighted by Gasteiger charge is 2.08. The number of aromatic nitrogens is 2. The van der Waals surface area contributed by atoms with Crippen LogP contribution in [0, 0.1) is 13.8 Å². The first-order valence-corrected chi connectivity index (χ1v) is 6.16. The van der Waals surface area contributed by atoms with Gasteiger partial charge in [-0.3, -0.25) is 4.79 Å². The minimum atomic E-state index is -0.187. The van der Waals surface area contributed by atoms with Crippen molar-refractivity contribution in [1.82, 2.24) is 10.2 Å². The highest BCUT2D eigenvalue weighted by atomic mass is 16.3. The average molecular weight is 254 g/mol. The zero-order chi connectivity index (χ0) is 13.4. The molecule has 1 N–H and O–H groups in total. The quantitative estimate of drug-likeness (QED) is 0.765. The number of hydrogen-bond donors (Lipinski definition) is 1. The highest BCUT2D eigenvalue weighted by molar-refractivity contribution is 5.78. The van der Waals surface area contributed by atoms with E-state index in [2.05, 4.69) is 23.2 Å². The number of benzene rings is 1. The Bertz CT molecular complexity index is 799. The van der Waals surface area contributed by atoms with Crippen molar-refractivity contribution in [1.29, 1.82) is 0 Å². The summed E-state index contributed by atoms with van der Waals surface area (Å²) >= 11 is 0. The summed E-state index contributed by atoms with van der Waals surface area (Å²) in [7, 11) is 0. The summed E-state index contributed by atoms with van der Waals surface area (Å²) < 4.78 is 5.78. The van der Waals surface area contributed by atoms with Crippen LogP contribution in [0.4, 0.5) is 0 Å². The number of aryl methyl sites for hydroxylation is 2. The Morgan fingerprint density at radius 1 is 1.21 bits per heavy atom. The predicted octanol–water partition coefficient (Wildman–Crippen LogP) is 2.72. The van der Waals surface area contributed by atoms with Gasteiger partial charge in [-0.15, -0.1) is 0 Å². The SMILES string of the molecule is Cc1ccc2oc(Cc3cc(=O)[nH]nc3C)cc2c1. The summed E-state index contributed by atoms with van der Waals surface area (Å²) in [4.78, 5) is 11.3. The Kier molecular flexibility index (Phi) is 2.71. The molecule has 0 aliphatic carbocycles. The smallest absolute Gasteiger partial charge is 0.264 e. The van der Waals surface area contributed by atoms with Crippen LogP contribution in [-0.4, -0.2) is 10.2 Å². The second kappa shape index (κ2) is 4.39. The first-order chi connectivity index (χ1) is 9.11. The second-order valence-corrected chi connectivity index (χ2v) is 4.77. The molecule has 0 amide bonds. The van der Waals surface area contributed by atoms with Crippen molar-refractivity contribution in [3.8, 4) is 0 Å². The van der Waals surface area contributed by atoms with Crippen molar-refractivity contribution in [2.75, 3.05) is 0 Å². The molecule has 4 nitrogen and oxygen atoms in total. The van der Waals surface area contributed by atoms with E-state index in [0.717, 1.165) is 28.0 Å². The minimum absolute atomic E-state index is 0.187. The third-order valence-corrected chi connectivity index (χ3v) is 3.19. The highest BCUT2D eigenvalue weighted by Crippen LogP contribution is 2.22. The molecule has 4 heteroatoms. The average Bonchev–Trinajstić information content (AvgIpc) is 2.75. The Hall–Kier alpha value is -2.36. The van der Waals surface area contributed by atoms with Crippen LogP contribution in [0.5, 0.6) is 0 Å². The normalized spacial score (nSPS) is 11.1. The number of nitrogens with one attached hydrogen (secondary N) is 1. The topological polar surface area (TPSA) is 58.9 Å². The molecule has 3 aromatic rings. The van der Waals surface area contributed by atoms with Gasteiger partial charge in [0.1, 0.15) is 11.3 Å². The van der Waals surface area contributed by atoms with Gasteiger partial charge in [0.25, 0.3) is 5.56 Å². The van der Waals surface area contributed by atoms with Crippen molar-refractivity contribution in [3.63, 3.8) is 0 Å². The van der Waals surface area contributed by atoms with Crippen molar-refractivity contribution < 1.29 is 4.42 Å². The fourth-order valence-corrected chi connectivity index (χ4v) is 2.18. The van der Waals surface area contributed by atoms with Gasteiger partial charge >= 0.3 is 0 Å². The van der Waals surface area contributed by atoms with Crippen LogP contribution < -0.4 is 5.56 Å². The predicted molar refractivity (Wildman–Crippen MR) is 73.4 cm³/mol. The molecule has 0 radical (unpaired) electrons. The molecule has 0 atom stereocenters. The third kappa shape index (κ3) is 2.29. The summed E-state index contributed by atoms with van der Waals surface area (Å²) in [5, 5.41) is 7.48. The molecule has 0 aliphatic rings. The molecular formula is C15H14N2O2. The second-order valence-electron chi connectivity index (χ2n) is 4.77. The summed E-state index contributed by atoms with van der Waals surface area (Å²) in [6.07, 6.45) is 0.580. The standard InChI is InChI=1S/C15H14N2O2/c1-9-3-4-14-12(5-9)7-13(19-14)6-11-8-15(18)17-16-10(11)2/h3-5,7-8H,6H2,1-2H3,(H,17,18). The van der Waals surface area contributed by atoms with Gasteiger partial charge in [-0.1, -0.05) is 11.6 Å². The van der Waals surface area contributed by atoms with Gasteiger partial charge in [0.2, 0.25) is 0 Å². The van der Waals surface area contributed by atoms with E-state index in [1.807, 2.05) is 25.1 Å². The maximum Gasteiger partial charge on any atom is 0.264 e. The monoisotopic (exact) mass is 254 g/mol. The molecule has 0 bridgehead atoms. The lowest BCUT2D eigenvalue weighted by molar-refractivity contribution is 0.561. The molecule has 96 valence electrons. The molecular weight excluding hydrogens is 240 g/mol. The Morgan fingerprint density at radius 3 is 2.89 bits per heavy atom. The van der Waals surface area contributed by atoms with Crippen LogP contribution in [0.3, 0.4) is 0 Å². The number of nitrogens with zero attached hydrogens (tertiary/aromatic N) is 1. The van der Waals surface area contributed by atoms with E-state index < -0.39 is 0 Å². The third-order valence-electron chi connectivity index (χ3n) is 3.19. The maximum atomic E-state index is 11.3. The maximum absolute atomic E-state index is 11.3. The van der Waals surface area contributed by atoms with E-state index >= 15 is 0 Å². The summed E-state index contributed by atoms with van der Waals surface area (Å²) in [5.74, 6) is 0.844. The van der Waals surface area contributed by atoms with Crippen LogP contribution in [0.1, 0.15) is 22.6 Å². The largest absolute Gasteiger partial charge is 0.461 e. The lowest BCUT2D eigenvalue weighted by atomic mass is 10.1. The van der Waals surface area contributed by atoms with E-state index in [-0.39, 0.29) is 5.56 Å².